The van der Waals surface area contributed by atoms with E-state index in [2.05, 4.69) is 0 Å². The molecule has 2 aromatic rings. The molecule has 1 atom stereocenters. The number of hydrogen-bond acceptors (Lipinski definition) is 4. The fourth-order valence-corrected chi connectivity index (χ4v) is 2.80. The maximum absolute atomic E-state index is 13.1. The Bertz CT molecular complexity index is 755. The first-order valence-corrected chi connectivity index (χ1v) is 8.74. The van der Waals surface area contributed by atoms with Crippen LogP contribution in [0.2, 0.25) is 0 Å². The smallest absolute Gasteiger partial charge is 0.340 e. The summed E-state index contributed by atoms with van der Waals surface area (Å²) in [6, 6.07) is 14.5. The number of para-hydroxylation sites is 1. The van der Waals surface area contributed by atoms with Gasteiger partial charge in [-0.25, -0.2) is 4.79 Å². The summed E-state index contributed by atoms with van der Waals surface area (Å²) in [6.07, 6.45) is 0. The van der Waals surface area contributed by atoms with Gasteiger partial charge in [0.05, 0.1) is 30.9 Å². The zero-order valence-corrected chi connectivity index (χ0v) is 15.7. The molecule has 0 saturated heterocycles. The van der Waals surface area contributed by atoms with Gasteiger partial charge in [0, 0.05) is 6.54 Å². The number of likely N-dealkylation sites (N-methyl/N-ethyl adjacent to an activating group) is 1. The molecule has 0 N–H and O–H groups in total. The van der Waals surface area contributed by atoms with Gasteiger partial charge in [0.15, 0.2) is 0 Å². The Balaban J connectivity index is 2.32. The largest absolute Gasteiger partial charge is 0.497 e. The van der Waals surface area contributed by atoms with Gasteiger partial charge < -0.3 is 14.4 Å². The van der Waals surface area contributed by atoms with Crippen molar-refractivity contribution in [1.82, 2.24) is 0 Å². The van der Waals surface area contributed by atoms with Gasteiger partial charge in [-0.05, 0) is 50.6 Å². The summed E-state index contributed by atoms with van der Waals surface area (Å²) in [6.45, 7) is 6.25. The van der Waals surface area contributed by atoms with E-state index < -0.39 is 5.97 Å². The predicted molar refractivity (Wildman–Crippen MR) is 102 cm³/mol. The molecule has 26 heavy (non-hydrogen) atoms. The van der Waals surface area contributed by atoms with Crippen LogP contribution in [-0.2, 0) is 9.53 Å². The van der Waals surface area contributed by atoms with Gasteiger partial charge in [0.1, 0.15) is 5.75 Å². The van der Waals surface area contributed by atoms with Gasteiger partial charge in [0.2, 0.25) is 5.91 Å². The van der Waals surface area contributed by atoms with Crippen molar-refractivity contribution in [3.63, 3.8) is 0 Å². The first-order chi connectivity index (χ1) is 12.5. The molecule has 0 aromatic heterocycles. The molecule has 0 fully saturated rings. The summed E-state index contributed by atoms with van der Waals surface area (Å²) >= 11 is 0. The Labute approximate surface area is 154 Å². The molecule has 2 aromatic carbocycles. The zero-order valence-electron chi connectivity index (χ0n) is 15.7. The number of benzene rings is 2. The molecule has 0 bridgehead atoms. The van der Waals surface area contributed by atoms with Crippen molar-refractivity contribution in [3.8, 4) is 5.75 Å². The number of methoxy groups -OCH3 is 1. The number of amides is 1. The Kier molecular flexibility index (Phi) is 6.78. The van der Waals surface area contributed by atoms with E-state index in [1.807, 2.05) is 44.2 Å². The summed E-state index contributed by atoms with van der Waals surface area (Å²) in [5, 5.41) is 0. The minimum atomic E-state index is -0.425. The van der Waals surface area contributed by atoms with E-state index in [0.717, 1.165) is 11.3 Å². The number of hydrogen-bond donors (Lipinski definition) is 0. The van der Waals surface area contributed by atoms with E-state index in [0.29, 0.717) is 17.8 Å². The molecule has 1 amide bonds. The van der Waals surface area contributed by atoms with Crippen LogP contribution in [0.3, 0.4) is 0 Å². The Morgan fingerprint density at radius 1 is 1.04 bits per heavy atom. The predicted octanol–water partition coefficient (Wildman–Crippen LogP) is 4.03. The highest BCUT2D eigenvalue weighted by atomic mass is 16.5. The molecular formula is C21H25NO4. The SMILES string of the molecule is CCOC(=O)c1ccccc1N(CC)C(=O)C(C)c1ccc(OC)cc1. The first kappa shape index (κ1) is 19.5. The Hall–Kier alpha value is -2.82. The molecule has 0 aliphatic rings. The fourth-order valence-electron chi connectivity index (χ4n) is 2.80. The van der Waals surface area contributed by atoms with Crippen LogP contribution in [-0.4, -0.2) is 32.1 Å². The van der Waals surface area contributed by atoms with E-state index in [1.165, 1.54) is 0 Å². The third kappa shape index (κ3) is 4.23. The van der Waals surface area contributed by atoms with Crippen LogP contribution < -0.4 is 9.64 Å². The monoisotopic (exact) mass is 355 g/mol. The summed E-state index contributed by atoms with van der Waals surface area (Å²) in [4.78, 5) is 27.0. The molecule has 138 valence electrons. The van der Waals surface area contributed by atoms with Gasteiger partial charge in [0.25, 0.3) is 0 Å². The molecule has 0 radical (unpaired) electrons. The minimum Gasteiger partial charge on any atom is -0.497 e. The topological polar surface area (TPSA) is 55.8 Å². The van der Waals surface area contributed by atoms with E-state index in [1.54, 1.807) is 37.1 Å². The molecule has 0 heterocycles. The number of carbonyl (C=O) groups excluding carboxylic acids is 2. The second-order valence-electron chi connectivity index (χ2n) is 5.81. The Morgan fingerprint density at radius 2 is 1.69 bits per heavy atom. The number of nitrogens with zero attached hydrogens (tertiary/aromatic N) is 1. The third-order valence-electron chi connectivity index (χ3n) is 4.26. The molecule has 5 heteroatoms. The van der Waals surface area contributed by atoms with Gasteiger partial charge in [-0.15, -0.1) is 0 Å². The van der Waals surface area contributed by atoms with Crippen LogP contribution in [0.1, 0.15) is 42.6 Å². The average Bonchev–Trinajstić information content (AvgIpc) is 2.68. The molecule has 0 aliphatic heterocycles. The van der Waals surface area contributed by atoms with Crippen molar-refractivity contribution >= 4 is 17.6 Å². The lowest BCUT2D eigenvalue weighted by Gasteiger charge is -2.26. The van der Waals surface area contributed by atoms with Gasteiger partial charge >= 0.3 is 5.97 Å². The lowest BCUT2D eigenvalue weighted by Crippen LogP contribution is -2.35. The van der Waals surface area contributed by atoms with Crippen molar-refractivity contribution in [2.24, 2.45) is 0 Å². The second kappa shape index (κ2) is 9.04. The van der Waals surface area contributed by atoms with Crippen LogP contribution in [0.15, 0.2) is 48.5 Å². The summed E-state index contributed by atoms with van der Waals surface area (Å²) < 4.78 is 10.3. The normalized spacial score (nSPS) is 11.5. The highest BCUT2D eigenvalue weighted by Crippen LogP contribution is 2.27. The zero-order chi connectivity index (χ0) is 19.1. The van der Waals surface area contributed by atoms with E-state index in [9.17, 15) is 9.59 Å². The quantitative estimate of drug-likeness (QED) is 0.704. The minimum absolute atomic E-state index is 0.0746. The van der Waals surface area contributed by atoms with Crippen LogP contribution in [0.4, 0.5) is 5.69 Å². The van der Waals surface area contributed by atoms with Gasteiger partial charge in [-0.1, -0.05) is 24.3 Å². The van der Waals surface area contributed by atoms with Crippen LogP contribution in [0, 0.1) is 0 Å². The first-order valence-electron chi connectivity index (χ1n) is 8.74. The summed E-state index contributed by atoms with van der Waals surface area (Å²) in [7, 11) is 1.61. The maximum Gasteiger partial charge on any atom is 0.340 e. The molecule has 1 unspecified atom stereocenters. The average molecular weight is 355 g/mol. The van der Waals surface area contributed by atoms with Crippen molar-refractivity contribution < 1.29 is 19.1 Å². The number of ether oxygens (including phenoxy) is 2. The molecule has 2 rings (SSSR count). The van der Waals surface area contributed by atoms with Crippen LogP contribution in [0.5, 0.6) is 5.75 Å². The molecule has 0 spiro atoms. The highest BCUT2D eigenvalue weighted by Gasteiger charge is 2.25. The number of carbonyl (C=O) groups is 2. The second-order valence-corrected chi connectivity index (χ2v) is 5.81. The van der Waals surface area contributed by atoms with Crippen LogP contribution in [0.25, 0.3) is 0 Å². The number of rotatable bonds is 7. The fraction of sp³-hybridized carbons (Fsp3) is 0.333. The van der Waals surface area contributed by atoms with Gasteiger partial charge in [-0.3, -0.25) is 4.79 Å². The number of anilines is 1. The Morgan fingerprint density at radius 3 is 2.27 bits per heavy atom. The van der Waals surface area contributed by atoms with Crippen molar-refractivity contribution in [1.29, 1.82) is 0 Å². The molecule has 0 saturated carbocycles. The lowest BCUT2D eigenvalue weighted by molar-refractivity contribution is -0.119. The molecule has 5 nitrogen and oxygen atoms in total. The van der Waals surface area contributed by atoms with Gasteiger partial charge in [-0.2, -0.15) is 0 Å². The van der Waals surface area contributed by atoms with Crippen molar-refractivity contribution in [3.05, 3.63) is 59.7 Å². The molecular weight excluding hydrogens is 330 g/mol. The maximum atomic E-state index is 13.1. The van der Waals surface area contributed by atoms with Crippen LogP contribution >= 0.6 is 0 Å². The van der Waals surface area contributed by atoms with E-state index in [4.69, 9.17) is 9.47 Å². The van der Waals surface area contributed by atoms with E-state index >= 15 is 0 Å². The summed E-state index contributed by atoms with van der Waals surface area (Å²) in [5.74, 6) is -0.106. The lowest BCUT2D eigenvalue weighted by atomic mass is 9.98. The van der Waals surface area contributed by atoms with E-state index in [-0.39, 0.29) is 18.4 Å². The highest BCUT2D eigenvalue weighted by molar-refractivity contribution is 6.04. The van der Waals surface area contributed by atoms with Crippen molar-refractivity contribution in [2.75, 3.05) is 25.2 Å². The number of esters is 1. The van der Waals surface area contributed by atoms with Crippen molar-refractivity contribution in [2.45, 2.75) is 26.7 Å². The summed E-state index contributed by atoms with van der Waals surface area (Å²) in [5.41, 5.74) is 1.85. The standard InChI is InChI=1S/C21H25NO4/c1-5-22(19-10-8-7-9-18(19)21(24)26-6-2)20(23)15(3)16-11-13-17(25-4)14-12-16/h7-15H,5-6H2,1-4H3. The molecule has 0 aliphatic carbocycles. The third-order valence-corrected chi connectivity index (χ3v) is 4.26.